The molecule has 0 saturated carbocycles. The van der Waals surface area contributed by atoms with Crippen molar-refractivity contribution in [2.24, 2.45) is 0 Å². The van der Waals surface area contributed by atoms with Gasteiger partial charge in [0.2, 0.25) is 11.8 Å². The third-order valence-corrected chi connectivity index (χ3v) is 8.40. The van der Waals surface area contributed by atoms with Gasteiger partial charge in [0.05, 0.1) is 17.2 Å². The van der Waals surface area contributed by atoms with E-state index in [1.165, 1.54) is 17.0 Å². The Morgan fingerprint density at radius 3 is 2.05 bits per heavy atom. The van der Waals surface area contributed by atoms with Crippen LogP contribution in [0, 0.1) is 0 Å². The predicted octanol–water partition coefficient (Wildman–Crippen LogP) is 5.00. The van der Waals surface area contributed by atoms with Crippen LogP contribution in [0.3, 0.4) is 0 Å². The van der Waals surface area contributed by atoms with Gasteiger partial charge in [-0.25, -0.2) is 8.42 Å². The zero-order valence-electron chi connectivity index (χ0n) is 23.6. The predicted molar refractivity (Wildman–Crippen MR) is 158 cm³/mol. The molecule has 0 unspecified atom stereocenters. The quantitative estimate of drug-likeness (QED) is 0.297. The topological polar surface area (TPSA) is 96.0 Å². The number of nitrogens with one attached hydrogen (secondary N) is 1. The van der Waals surface area contributed by atoms with E-state index in [1.54, 1.807) is 49.4 Å². The van der Waals surface area contributed by atoms with Gasteiger partial charge in [-0.1, -0.05) is 74.5 Å². The lowest BCUT2D eigenvalue weighted by Gasteiger charge is -2.34. The summed E-state index contributed by atoms with van der Waals surface area (Å²) in [6.45, 7) is 7.49. The highest BCUT2D eigenvalue weighted by Gasteiger charge is 2.34. The fraction of sp³-hybridized carbons (Fsp3) is 0.355. The Hall–Kier alpha value is -3.85. The molecule has 0 radical (unpaired) electrons. The smallest absolute Gasteiger partial charge is 0.264 e. The first kappa shape index (κ1) is 30.7. The van der Waals surface area contributed by atoms with E-state index in [0.29, 0.717) is 18.8 Å². The Labute approximate surface area is 238 Å². The molecule has 0 aliphatic heterocycles. The molecule has 214 valence electrons. The Morgan fingerprint density at radius 2 is 1.45 bits per heavy atom. The number of nitrogens with zero attached hydrogens (tertiary/aromatic N) is 2. The summed E-state index contributed by atoms with van der Waals surface area (Å²) < 4.78 is 34.8. The average Bonchev–Trinajstić information content (AvgIpc) is 2.97. The van der Waals surface area contributed by atoms with Crippen LogP contribution in [0.15, 0.2) is 89.8 Å². The second-order valence-corrected chi connectivity index (χ2v) is 11.3. The van der Waals surface area contributed by atoms with Crippen LogP contribution in [0.5, 0.6) is 5.75 Å². The zero-order valence-corrected chi connectivity index (χ0v) is 24.4. The molecular formula is C31H39N3O5S. The molecule has 1 N–H and O–H groups in total. The summed E-state index contributed by atoms with van der Waals surface area (Å²) >= 11 is 0. The molecule has 0 spiro atoms. The molecule has 3 aromatic rings. The number of carbonyl (C=O) groups is 2. The number of carbonyl (C=O) groups excluding carboxylic acids is 2. The number of para-hydroxylation sites is 2. The summed E-state index contributed by atoms with van der Waals surface area (Å²) in [4.78, 5) is 29.0. The monoisotopic (exact) mass is 565 g/mol. The molecule has 0 fully saturated rings. The van der Waals surface area contributed by atoms with Crippen LogP contribution in [-0.2, 0) is 26.2 Å². The van der Waals surface area contributed by atoms with Crippen molar-refractivity contribution < 1.29 is 22.7 Å². The van der Waals surface area contributed by atoms with Crippen molar-refractivity contribution in [1.82, 2.24) is 10.2 Å². The number of ether oxygens (including phenoxy) is 1. The number of hydrogen-bond acceptors (Lipinski definition) is 5. The first-order valence-corrected chi connectivity index (χ1v) is 15.1. The summed E-state index contributed by atoms with van der Waals surface area (Å²) in [7, 11) is -4.17. The molecule has 0 heterocycles. The van der Waals surface area contributed by atoms with Crippen LogP contribution < -0.4 is 14.4 Å². The van der Waals surface area contributed by atoms with Crippen molar-refractivity contribution in [2.45, 2.75) is 64.1 Å². The van der Waals surface area contributed by atoms with E-state index < -0.39 is 28.5 Å². The fourth-order valence-electron chi connectivity index (χ4n) is 4.31. The van der Waals surface area contributed by atoms with Crippen LogP contribution in [0.2, 0.25) is 0 Å². The Bertz CT molecular complexity index is 1350. The molecule has 0 bridgehead atoms. The Kier molecular flexibility index (Phi) is 11.1. The Balaban J connectivity index is 2.08. The number of benzene rings is 3. The molecule has 3 aromatic carbocycles. The maximum absolute atomic E-state index is 14.1. The van der Waals surface area contributed by atoms with Crippen LogP contribution in [-0.4, -0.2) is 50.4 Å². The lowest BCUT2D eigenvalue weighted by molar-refractivity contribution is -0.140. The first-order valence-electron chi connectivity index (χ1n) is 13.7. The molecular weight excluding hydrogens is 526 g/mol. The van der Waals surface area contributed by atoms with E-state index in [1.807, 2.05) is 51.1 Å². The molecule has 0 aliphatic carbocycles. The van der Waals surface area contributed by atoms with Crippen molar-refractivity contribution in [1.29, 1.82) is 0 Å². The lowest BCUT2D eigenvalue weighted by atomic mass is 10.1. The summed E-state index contributed by atoms with van der Waals surface area (Å²) in [5, 5.41) is 2.98. The highest BCUT2D eigenvalue weighted by molar-refractivity contribution is 7.92. The van der Waals surface area contributed by atoms with Crippen molar-refractivity contribution in [3.8, 4) is 5.75 Å². The van der Waals surface area contributed by atoms with Crippen LogP contribution in [0.25, 0.3) is 0 Å². The standard InChI is InChI=1S/C31H39N3O5S/c1-5-24(4)32-31(36)27(6-2)33(22-25-16-10-8-11-17-25)30(35)23-34(28-20-14-15-21-29(28)39-7-3)40(37,38)26-18-12-9-13-19-26/h8-21,24,27H,5-7,22-23H2,1-4H3,(H,32,36)/t24-,27-/m1/s1. The van der Waals surface area contributed by atoms with Gasteiger partial charge in [-0.3, -0.25) is 13.9 Å². The number of amides is 2. The van der Waals surface area contributed by atoms with Gasteiger partial charge in [0.25, 0.3) is 10.0 Å². The molecule has 0 aliphatic rings. The van der Waals surface area contributed by atoms with Gasteiger partial charge in [0, 0.05) is 12.6 Å². The summed E-state index contributed by atoms with van der Waals surface area (Å²) in [6, 6.07) is 23.2. The first-order chi connectivity index (χ1) is 19.2. The largest absolute Gasteiger partial charge is 0.492 e. The summed E-state index contributed by atoms with van der Waals surface area (Å²) in [5.74, 6) is -0.428. The molecule has 0 saturated heterocycles. The molecule has 0 aromatic heterocycles. The normalized spacial score (nSPS) is 12.7. The van der Waals surface area contributed by atoms with Gasteiger partial charge in [-0.05, 0) is 56.5 Å². The molecule has 40 heavy (non-hydrogen) atoms. The summed E-state index contributed by atoms with van der Waals surface area (Å²) in [6.07, 6.45) is 1.11. The summed E-state index contributed by atoms with van der Waals surface area (Å²) in [5.41, 5.74) is 1.08. The van der Waals surface area contributed by atoms with Crippen molar-refractivity contribution >= 4 is 27.5 Å². The average molecular weight is 566 g/mol. The van der Waals surface area contributed by atoms with E-state index in [2.05, 4.69) is 5.32 Å². The van der Waals surface area contributed by atoms with Gasteiger partial charge in [0.1, 0.15) is 18.3 Å². The second kappa shape index (κ2) is 14.5. The van der Waals surface area contributed by atoms with Crippen LogP contribution >= 0.6 is 0 Å². The number of hydrogen-bond donors (Lipinski definition) is 1. The van der Waals surface area contributed by atoms with Crippen molar-refractivity contribution in [3.05, 3.63) is 90.5 Å². The van der Waals surface area contributed by atoms with Crippen molar-refractivity contribution in [2.75, 3.05) is 17.5 Å². The van der Waals surface area contributed by atoms with E-state index in [4.69, 9.17) is 4.74 Å². The number of rotatable bonds is 14. The van der Waals surface area contributed by atoms with Crippen molar-refractivity contribution in [3.63, 3.8) is 0 Å². The SMILES string of the molecule is CCOc1ccccc1N(CC(=O)N(Cc1ccccc1)[C@H](CC)C(=O)N[C@H](C)CC)S(=O)(=O)c1ccccc1. The Morgan fingerprint density at radius 1 is 0.850 bits per heavy atom. The maximum Gasteiger partial charge on any atom is 0.264 e. The van der Waals surface area contributed by atoms with Crippen LogP contribution in [0.4, 0.5) is 5.69 Å². The van der Waals surface area contributed by atoms with Crippen LogP contribution in [0.1, 0.15) is 46.1 Å². The van der Waals surface area contributed by atoms with Gasteiger partial charge in [-0.15, -0.1) is 0 Å². The molecule has 3 rings (SSSR count). The lowest BCUT2D eigenvalue weighted by Crippen LogP contribution is -2.53. The molecule has 8 nitrogen and oxygen atoms in total. The molecule has 2 atom stereocenters. The zero-order chi connectivity index (χ0) is 29.1. The number of sulfonamides is 1. The van der Waals surface area contributed by atoms with E-state index in [-0.39, 0.29) is 29.1 Å². The third-order valence-electron chi connectivity index (χ3n) is 6.63. The highest BCUT2D eigenvalue weighted by atomic mass is 32.2. The molecule has 9 heteroatoms. The van der Waals surface area contributed by atoms with E-state index in [9.17, 15) is 18.0 Å². The van der Waals surface area contributed by atoms with Gasteiger partial charge in [-0.2, -0.15) is 0 Å². The van der Waals surface area contributed by atoms with Gasteiger partial charge >= 0.3 is 0 Å². The van der Waals surface area contributed by atoms with E-state index in [0.717, 1.165) is 16.3 Å². The molecule has 2 amide bonds. The number of anilines is 1. The van der Waals surface area contributed by atoms with E-state index >= 15 is 0 Å². The third kappa shape index (κ3) is 7.63. The van der Waals surface area contributed by atoms with Gasteiger partial charge < -0.3 is 15.0 Å². The highest BCUT2D eigenvalue weighted by Crippen LogP contribution is 2.33. The minimum atomic E-state index is -4.17. The van der Waals surface area contributed by atoms with Gasteiger partial charge in [0.15, 0.2) is 0 Å². The second-order valence-electron chi connectivity index (χ2n) is 9.47. The minimum Gasteiger partial charge on any atom is -0.492 e. The fourth-order valence-corrected chi connectivity index (χ4v) is 5.76. The minimum absolute atomic E-state index is 0.0465. The maximum atomic E-state index is 14.1.